The van der Waals surface area contributed by atoms with Crippen molar-refractivity contribution in [3.05, 3.63) is 61.6 Å². The third-order valence-corrected chi connectivity index (χ3v) is 6.20. The van der Waals surface area contributed by atoms with E-state index in [4.69, 9.17) is 21.1 Å². The van der Waals surface area contributed by atoms with Gasteiger partial charge in [-0.3, -0.25) is 20.2 Å². The fourth-order valence-electron chi connectivity index (χ4n) is 2.66. The molecule has 1 fully saturated rings. The lowest BCUT2D eigenvalue weighted by molar-refractivity contribution is -0.387. The summed E-state index contributed by atoms with van der Waals surface area (Å²) < 4.78 is 37.1. The van der Waals surface area contributed by atoms with E-state index in [0.717, 1.165) is 24.3 Å². The standard InChI is InChI=1S/C16H14ClN3O8S/c17-11-1-3-15(13(9-11)19(21)22)28-16-4-2-12(10-14(16)20(23)24)29(25,26)18-5-7-27-8-6-18/h1-4,9-10H,5-8H2. The summed E-state index contributed by atoms with van der Waals surface area (Å²) in [6.07, 6.45) is 0. The van der Waals surface area contributed by atoms with Gasteiger partial charge in [0.15, 0.2) is 0 Å². The van der Waals surface area contributed by atoms with Crippen LogP contribution < -0.4 is 4.74 Å². The molecule has 1 aliphatic rings. The molecule has 0 aromatic heterocycles. The number of hydrogen-bond acceptors (Lipinski definition) is 8. The van der Waals surface area contributed by atoms with Crippen LogP contribution in [0.15, 0.2) is 41.3 Å². The molecule has 1 saturated heterocycles. The van der Waals surface area contributed by atoms with Gasteiger partial charge in [-0.1, -0.05) is 11.6 Å². The molecule has 0 atom stereocenters. The fraction of sp³-hybridized carbons (Fsp3) is 0.250. The Bertz CT molecular complexity index is 1070. The molecule has 1 aliphatic heterocycles. The van der Waals surface area contributed by atoms with Crippen LogP contribution in [-0.2, 0) is 14.8 Å². The highest BCUT2D eigenvalue weighted by Gasteiger charge is 2.30. The maximum absolute atomic E-state index is 12.7. The molecule has 13 heteroatoms. The summed E-state index contributed by atoms with van der Waals surface area (Å²) in [4.78, 5) is 20.8. The normalized spacial score (nSPS) is 15.1. The highest BCUT2D eigenvalue weighted by Crippen LogP contribution is 2.38. The molecule has 0 unspecified atom stereocenters. The predicted octanol–water partition coefficient (Wildman–Crippen LogP) is 2.97. The van der Waals surface area contributed by atoms with Crippen LogP contribution in [-0.4, -0.2) is 48.9 Å². The molecule has 0 radical (unpaired) electrons. The number of hydrogen-bond donors (Lipinski definition) is 0. The van der Waals surface area contributed by atoms with Crippen molar-refractivity contribution in [2.75, 3.05) is 26.3 Å². The first kappa shape index (κ1) is 20.9. The average molecular weight is 444 g/mol. The molecule has 0 saturated carbocycles. The topological polar surface area (TPSA) is 142 Å². The van der Waals surface area contributed by atoms with Gasteiger partial charge in [0.2, 0.25) is 21.5 Å². The van der Waals surface area contributed by atoms with Crippen LogP contribution >= 0.6 is 11.6 Å². The highest BCUT2D eigenvalue weighted by atomic mass is 35.5. The molecule has 0 N–H and O–H groups in total. The van der Waals surface area contributed by atoms with E-state index in [0.29, 0.717) is 0 Å². The summed E-state index contributed by atoms with van der Waals surface area (Å²) in [5, 5.41) is 22.8. The van der Waals surface area contributed by atoms with E-state index < -0.39 is 31.2 Å². The third kappa shape index (κ3) is 4.45. The number of halogens is 1. The highest BCUT2D eigenvalue weighted by molar-refractivity contribution is 7.89. The van der Waals surface area contributed by atoms with Crippen molar-refractivity contribution < 1.29 is 27.7 Å². The smallest absolute Gasteiger partial charge is 0.313 e. The van der Waals surface area contributed by atoms with Crippen LogP contribution in [0.2, 0.25) is 5.02 Å². The zero-order chi connectivity index (χ0) is 21.2. The second-order valence-corrected chi connectivity index (χ2v) is 8.25. The Kier molecular flexibility index (Phi) is 5.98. The lowest BCUT2D eigenvalue weighted by atomic mass is 10.2. The van der Waals surface area contributed by atoms with Gasteiger partial charge in [-0.2, -0.15) is 4.31 Å². The largest absolute Gasteiger partial charge is 0.443 e. The van der Waals surface area contributed by atoms with Crippen LogP contribution in [0.3, 0.4) is 0 Å². The van der Waals surface area contributed by atoms with E-state index >= 15 is 0 Å². The number of rotatable bonds is 6. The first-order valence-electron chi connectivity index (χ1n) is 8.18. The lowest BCUT2D eigenvalue weighted by Crippen LogP contribution is -2.40. The Morgan fingerprint density at radius 2 is 1.52 bits per heavy atom. The maximum Gasteiger partial charge on any atom is 0.313 e. The summed E-state index contributed by atoms with van der Waals surface area (Å²) in [6, 6.07) is 6.66. The maximum atomic E-state index is 12.7. The molecule has 0 aliphatic carbocycles. The van der Waals surface area contributed by atoms with Crippen LogP contribution in [0.5, 0.6) is 11.5 Å². The summed E-state index contributed by atoms with van der Waals surface area (Å²) in [5.41, 5.74) is -1.14. The van der Waals surface area contributed by atoms with Gasteiger partial charge in [0.25, 0.3) is 0 Å². The number of morpholine rings is 1. The monoisotopic (exact) mass is 443 g/mol. The molecule has 1 heterocycles. The first-order chi connectivity index (χ1) is 13.7. The molecule has 11 nitrogen and oxygen atoms in total. The minimum Gasteiger partial charge on any atom is -0.443 e. The lowest BCUT2D eigenvalue weighted by Gasteiger charge is -2.26. The van der Waals surface area contributed by atoms with Crippen LogP contribution in [0.4, 0.5) is 11.4 Å². The summed E-state index contributed by atoms with van der Waals surface area (Å²) in [7, 11) is -3.97. The number of nitrogens with zero attached hydrogens (tertiary/aromatic N) is 3. The second kappa shape index (κ2) is 8.29. The van der Waals surface area contributed by atoms with Gasteiger partial charge >= 0.3 is 11.4 Å². The molecule has 29 heavy (non-hydrogen) atoms. The van der Waals surface area contributed by atoms with E-state index in [-0.39, 0.29) is 47.7 Å². The van der Waals surface area contributed by atoms with E-state index in [2.05, 4.69) is 0 Å². The van der Waals surface area contributed by atoms with E-state index in [1.165, 1.54) is 16.4 Å². The molecule has 0 spiro atoms. The Morgan fingerprint density at radius 3 is 2.10 bits per heavy atom. The van der Waals surface area contributed by atoms with Crippen LogP contribution in [0, 0.1) is 20.2 Å². The Balaban J connectivity index is 2.00. The first-order valence-corrected chi connectivity index (χ1v) is 10.00. The molecule has 2 aromatic carbocycles. The number of benzene rings is 2. The molecule has 154 valence electrons. The SMILES string of the molecule is O=[N+]([O-])c1cc(Cl)ccc1Oc1ccc(S(=O)(=O)N2CCOCC2)cc1[N+](=O)[O-]. The van der Waals surface area contributed by atoms with E-state index in [1.807, 2.05) is 0 Å². The van der Waals surface area contributed by atoms with Gasteiger partial charge in [0, 0.05) is 30.2 Å². The Hall–Kier alpha value is -2.80. The van der Waals surface area contributed by atoms with Crippen molar-refractivity contribution in [3.63, 3.8) is 0 Å². The Labute approximate surface area is 169 Å². The Morgan fingerprint density at radius 1 is 0.966 bits per heavy atom. The minimum absolute atomic E-state index is 0.0884. The van der Waals surface area contributed by atoms with E-state index in [1.54, 1.807) is 0 Å². The second-order valence-electron chi connectivity index (χ2n) is 5.87. The molecular formula is C16H14ClN3O8S. The number of nitro groups is 2. The molecule has 2 aromatic rings. The quantitative estimate of drug-likeness (QED) is 0.489. The van der Waals surface area contributed by atoms with Crippen molar-refractivity contribution in [2.45, 2.75) is 4.90 Å². The van der Waals surface area contributed by atoms with Gasteiger partial charge in [0.05, 0.1) is 28.0 Å². The van der Waals surface area contributed by atoms with Crippen LogP contribution in [0.1, 0.15) is 0 Å². The summed E-state index contributed by atoms with van der Waals surface area (Å²) in [5.74, 6) is -0.618. The molecule has 0 amide bonds. The van der Waals surface area contributed by atoms with Crippen molar-refractivity contribution >= 4 is 33.0 Å². The van der Waals surface area contributed by atoms with Gasteiger partial charge in [-0.25, -0.2) is 8.42 Å². The third-order valence-electron chi connectivity index (χ3n) is 4.07. The zero-order valence-corrected chi connectivity index (χ0v) is 16.3. The molecule has 0 bridgehead atoms. The van der Waals surface area contributed by atoms with Gasteiger partial charge in [-0.15, -0.1) is 0 Å². The van der Waals surface area contributed by atoms with Crippen molar-refractivity contribution in [1.82, 2.24) is 4.31 Å². The van der Waals surface area contributed by atoms with E-state index in [9.17, 15) is 28.6 Å². The number of nitro benzene ring substituents is 2. The van der Waals surface area contributed by atoms with Gasteiger partial charge in [0.1, 0.15) is 0 Å². The van der Waals surface area contributed by atoms with Crippen molar-refractivity contribution in [2.24, 2.45) is 0 Å². The average Bonchev–Trinajstić information content (AvgIpc) is 2.69. The minimum atomic E-state index is -3.97. The molecule has 3 rings (SSSR count). The summed E-state index contributed by atoms with van der Waals surface area (Å²) >= 11 is 5.74. The van der Waals surface area contributed by atoms with Crippen molar-refractivity contribution in [3.8, 4) is 11.5 Å². The zero-order valence-electron chi connectivity index (χ0n) is 14.7. The number of ether oxygens (including phenoxy) is 2. The number of sulfonamides is 1. The van der Waals surface area contributed by atoms with Gasteiger partial charge in [-0.05, 0) is 24.3 Å². The van der Waals surface area contributed by atoms with Gasteiger partial charge < -0.3 is 9.47 Å². The van der Waals surface area contributed by atoms with Crippen LogP contribution in [0.25, 0.3) is 0 Å². The summed E-state index contributed by atoms with van der Waals surface area (Å²) in [6.45, 7) is 0.711. The molecular weight excluding hydrogens is 430 g/mol. The van der Waals surface area contributed by atoms with Crippen molar-refractivity contribution in [1.29, 1.82) is 0 Å². The fourth-order valence-corrected chi connectivity index (χ4v) is 4.26. The predicted molar refractivity (Wildman–Crippen MR) is 101 cm³/mol.